The van der Waals surface area contributed by atoms with Gasteiger partial charge in [-0.1, -0.05) is 82.3 Å². The Bertz CT molecular complexity index is 1620. The van der Waals surface area contributed by atoms with E-state index in [1.165, 1.54) is 5.39 Å². The minimum absolute atomic E-state index is 0.254. The van der Waals surface area contributed by atoms with Crippen LogP contribution in [-0.4, -0.2) is 35.6 Å². The topological polar surface area (TPSA) is 36.4 Å². The van der Waals surface area contributed by atoms with Crippen LogP contribution in [0.3, 0.4) is 0 Å². The van der Waals surface area contributed by atoms with Gasteiger partial charge in [-0.3, -0.25) is 0 Å². The van der Waals surface area contributed by atoms with Gasteiger partial charge in [-0.15, -0.1) is 0 Å². The van der Waals surface area contributed by atoms with Crippen molar-refractivity contribution >= 4 is 49.4 Å². The number of hydrogen-bond acceptors (Lipinski definition) is 4. The van der Waals surface area contributed by atoms with Crippen molar-refractivity contribution in [2.45, 2.75) is 40.7 Å². The van der Waals surface area contributed by atoms with Gasteiger partial charge in [0, 0.05) is 20.7 Å². The van der Waals surface area contributed by atoms with Crippen LogP contribution in [0.25, 0.3) is 21.7 Å². The normalized spacial score (nSPS) is 18.9. The molecule has 0 amide bonds. The van der Waals surface area contributed by atoms with E-state index in [-0.39, 0.29) is 5.92 Å². The number of nitrogens with zero attached hydrogens (tertiary/aromatic N) is 2. The van der Waals surface area contributed by atoms with Crippen molar-refractivity contribution < 1.29 is 5.11 Å². The number of aliphatic hydroxyl groups is 1. The van der Waals surface area contributed by atoms with E-state index in [0.29, 0.717) is 6.42 Å². The van der Waals surface area contributed by atoms with E-state index in [1.54, 1.807) is 11.8 Å². The Hall–Kier alpha value is -2.70. The highest BCUT2D eigenvalue weighted by Crippen LogP contribution is 2.52. The molecule has 5 aromatic rings. The molecule has 6 rings (SSSR count). The van der Waals surface area contributed by atoms with Gasteiger partial charge in [0.1, 0.15) is 10.6 Å². The molecular formula is C33H31BrN2OS. The summed E-state index contributed by atoms with van der Waals surface area (Å²) in [6.45, 7) is 1.00. The zero-order valence-corrected chi connectivity index (χ0v) is 24.1. The van der Waals surface area contributed by atoms with Crippen molar-refractivity contribution in [3.05, 3.63) is 112 Å². The number of hydrogen-bond donors (Lipinski definition) is 1. The molecule has 2 heterocycles. The second kappa shape index (κ2) is 10.5. The molecule has 1 aliphatic rings. The van der Waals surface area contributed by atoms with E-state index in [2.05, 4.69) is 114 Å². The third-order valence-corrected chi connectivity index (χ3v) is 9.21. The van der Waals surface area contributed by atoms with Crippen LogP contribution in [0.1, 0.15) is 41.9 Å². The van der Waals surface area contributed by atoms with Gasteiger partial charge >= 0.3 is 0 Å². The van der Waals surface area contributed by atoms with Crippen molar-refractivity contribution in [3.63, 3.8) is 0 Å². The molecule has 1 aliphatic heterocycles. The molecule has 0 saturated heterocycles. The smallest absolute Gasteiger partial charge is 0.105 e. The molecule has 1 N–H and O–H groups in total. The Morgan fingerprint density at radius 3 is 2.50 bits per heavy atom. The molecule has 0 aliphatic carbocycles. The first-order valence-corrected chi connectivity index (χ1v) is 14.8. The molecule has 4 aromatic carbocycles. The highest BCUT2D eigenvalue weighted by molar-refractivity contribution is 9.10. The van der Waals surface area contributed by atoms with E-state index < -0.39 is 5.60 Å². The van der Waals surface area contributed by atoms with Crippen LogP contribution in [0.15, 0.2) is 105 Å². The average molecular weight is 584 g/mol. The predicted octanol–water partition coefficient (Wildman–Crippen LogP) is 8.37. The number of halogens is 1. The number of pyridine rings is 1. The minimum atomic E-state index is -1.09. The Kier molecular flexibility index (Phi) is 7.04. The minimum Gasteiger partial charge on any atom is -0.384 e. The van der Waals surface area contributed by atoms with Gasteiger partial charge in [-0.2, -0.15) is 0 Å². The number of benzene rings is 4. The summed E-state index contributed by atoms with van der Waals surface area (Å²) in [4.78, 5) is 8.56. The van der Waals surface area contributed by atoms with Gasteiger partial charge in [0.25, 0.3) is 0 Å². The van der Waals surface area contributed by atoms with Gasteiger partial charge in [0.15, 0.2) is 0 Å². The van der Waals surface area contributed by atoms with Crippen LogP contribution in [-0.2, 0) is 5.60 Å². The summed E-state index contributed by atoms with van der Waals surface area (Å²) in [6, 6.07) is 31.9. The third-order valence-electron chi connectivity index (χ3n) is 7.63. The number of fused-ring (bicyclic) bond motifs is 6. The third kappa shape index (κ3) is 4.77. The maximum Gasteiger partial charge on any atom is 0.105 e. The van der Waals surface area contributed by atoms with E-state index in [4.69, 9.17) is 4.98 Å². The Morgan fingerprint density at radius 1 is 0.895 bits per heavy atom. The summed E-state index contributed by atoms with van der Waals surface area (Å²) >= 11 is 5.36. The fourth-order valence-corrected chi connectivity index (χ4v) is 7.29. The molecule has 0 radical (unpaired) electrons. The van der Waals surface area contributed by atoms with E-state index in [1.807, 2.05) is 12.1 Å². The molecule has 38 heavy (non-hydrogen) atoms. The zero-order valence-electron chi connectivity index (χ0n) is 21.7. The molecule has 2 bridgehead atoms. The second-order valence-corrected chi connectivity index (χ2v) is 12.5. The number of rotatable bonds is 6. The quantitative estimate of drug-likeness (QED) is 0.204. The molecule has 0 saturated carbocycles. The summed E-state index contributed by atoms with van der Waals surface area (Å²) in [7, 11) is 4.21. The van der Waals surface area contributed by atoms with Crippen molar-refractivity contribution in [1.82, 2.24) is 9.88 Å². The van der Waals surface area contributed by atoms with E-state index in [9.17, 15) is 5.11 Å². The summed E-state index contributed by atoms with van der Waals surface area (Å²) in [5.41, 5.74) is 3.04. The molecular weight excluding hydrogens is 552 g/mol. The van der Waals surface area contributed by atoms with Crippen molar-refractivity contribution in [3.8, 4) is 0 Å². The highest BCUT2D eigenvalue weighted by atomic mass is 79.9. The van der Waals surface area contributed by atoms with Gasteiger partial charge in [0.05, 0.1) is 5.52 Å². The molecule has 0 fully saturated rings. The maximum atomic E-state index is 13.0. The predicted molar refractivity (Wildman–Crippen MR) is 162 cm³/mol. The summed E-state index contributed by atoms with van der Waals surface area (Å²) in [5, 5.41) is 17.4. The lowest BCUT2D eigenvalue weighted by molar-refractivity contribution is 0.00649. The van der Waals surface area contributed by atoms with Crippen molar-refractivity contribution in [2.75, 3.05) is 20.6 Å². The van der Waals surface area contributed by atoms with Gasteiger partial charge in [-0.25, -0.2) is 4.98 Å². The fraction of sp³-hybridized carbons (Fsp3) is 0.242. The standard InChI is InChI=1S/C33H31BrN2OS/c1-36(2)17-9-8-16-33(37)25-18-23-12-6-7-13-27(23)30(21-25)38-32-28(31(33)22-10-4-3-5-11-22)20-24-19-26(34)14-15-29(24)35-32/h3-7,10-15,18-21,31,37H,8-9,16-17H2,1-2H3. The first-order chi connectivity index (χ1) is 18.4. The van der Waals surface area contributed by atoms with Crippen LogP contribution in [0.5, 0.6) is 0 Å². The molecule has 2 atom stereocenters. The van der Waals surface area contributed by atoms with Gasteiger partial charge < -0.3 is 10.0 Å². The Labute approximate surface area is 237 Å². The highest BCUT2D eigenvalue weighted by Gasteiger charge is 2.43. The molecule has 2 unspecified atom stereocenters. The van der Waals surface area contributed by atoms with Crippen LogP contribution in [0.2, 0.25) is 0 Å². The summed E-state index contributed by atoms with van der Waals surface area (Å²) in [6.07, 6.45) is 2.62. The summed E-state index contributed by atoms with van der Waals surface area (Å²) < 4.78 is 1.02. The largest absolute Gasteiger partial charge is 0.384 e. The molecule has 5 heteroatoms. The van der Waals surface area contributed by atoms with Crippen molar-refractivity contribution in [2.24, 2.45) is 0 Å². The number of unbranched alkanes of at least 4 members (excludes halogenated alkanes) is 1. The monoisotopic (exact) mass is 582 g/mol. The Morgan fingerprint density at radius 2 is 1.68 bits per heavy atom. The lowest BCUT2D eigenvalue weighted by atomic mass is 9.71. The zero-order chi connectivity index (χ0) is 26.3. The van der Waals surface area contributed by atoms with Crippen LogP contribution >= 0.6 is 27.7 Å². The van der Waals surface area contributed by atoms with Crippen LogP contribution in [0, 0.1) is 0 Å². The van der Waals surface area contributed by atoms with Crippen LogP contribution in [0.4, 0.5) is 0 Å². The molecule has 0 spiro atoms. The van der Waals surface area contributed by atoms with Crippen LogP contribution < -0.4 is 0 Å². The lowest BCUT2D eigenvalue weighted by Gasteiger charge is -2.40. The SMILES string of the molecule is CN(C)CCCCC1(O)c2cc(c3ccccc3c2)Sc2nc3ccc(Br)cc3cc2C1c1ccccc1. The number of aromatic nitrogens is 1. The first-order valence-electron chi connectivity index (χ1n) is 13.2. The van der Waals surface area contributed by atoms with E-state index >= 15 is 0 Å². The first kappa shape index (κ1) is 25.6. The maximum absolute atomic E-state index is 13.0. The molecule has 192 valence electrons. The van der Waals surface area contributed by atoms with Crippen molar-refractivity contribution in [1.29, 1.82) is 0 Å². The van der Waals surface area contributed by atoms with Gasteiger partial charge in [-0.05, 0) is 104 Å². The summed E-state index contributed by atoms with van der Waals surface area (Å²) in [5.74, 6) is -0.254. The van der Waals surface area contributed by atoms with Gasteiger partial charge in [0.2, 0.25) is 0 Å². The van der Waals surface area contributed by atoms with E-state index in [0.717, 1.165) is 66.8 Å². The average Bonchev–Trinajstić information content (AvgIpc) is 2.91. The fourth-order valence-electron chi connectivity index (χ4n) is 5.78. The molecule has 1 aromatic heterocycles. The Balaban J connectivity index is 1.64. The lowest BCUT2D eigenvalue weighted by Crippen LogP contribution is -2.36. The molecule has 3 nitrogen and oxygen atoms in total. The second-order valence-electron chi connectivity index (χ2n) is 10.5.